The molecular formula is C15H13N5O2. The van der Waals surface area contributed by atoms with Gasteiger partial charge in [0.25, 0.3) is 5.91 Å². The number of hydrogen-bond acceptors (Lipinski definition) is 5. The van der Waals surface area contributed by atoms with Crippen molar-refractivity contribution < 1.29 is 9.21 Å². The number of nitrogens with zero attached hydrogens (tertiary/aromatic N) is 4. The summed E-state index contributed by atoms with van der Waals surface area (Å²) in [4.78, 5) is 22.7. The molecule has 110 valence electrons. The first-order valence-electron chi connectivity index (χ1n) is 6.98. The summed E-state index contributed by atoms with van der Waals surface area (Å²) in [6, 6.07) is 3.74. The molecule has 7 nitrogen and oxygen atoms in total. The van der Waals surface area contributed by atoms with Crippen molar-refractivity contribution in [3.63, 3.8) is 0 Å². The van der Waals surface area contributed by atoms with Gasteiger partial charge in [0.15, 0.2) is 0 Å². The Kier molecular flexibility index (Phi) is 2.96. The Labute approximate surface area is 126 Å². The molecule has 0 fully saturated rings. The Morgan fingerprint density at radius 3 is 3.09 bits per heavy atom. The number of carbonyl (C=O) groups is 1. The van der Waals surface area contributed by atoms with Crippen LogP contribution in [0.2, 0.25) is 0 Å². The van der Waals surface area contributed by atoms with Crippen LogP contribution in [0.5, 0.6) is 0 Å². The summed E-state index contributed by atoms with van der Waals surface area (Å²) in [6.07, 6.45) is 7.21. The molecule has 3 aromatic rings. The van der Waals surface area contributed by atoms with Crippen molar-refractivity contribution in [2.75, 3.05) is 6.54 Å². The molecule has 0 saturated heterocycles. The second-order valence-corrected chi connectivity index (χ2v) is 5.09. The number of aromatic amines is 1. The van der Waals surface area contributed by atoms with Gasteiger partial charge in [0, 0.05) is 31.6 Å². The first-order valence-corrected chi connectivity index (χ1v) is 6.98. The van der Waals surface area contributed by atoms with Crippen molar-refractivity contribution in [2.24, 2.45) is 0 Å². The summed E-state index contributed by atoms with van der Waals surface area (Å²) in [5.41, 5.74) is 2.20. The van der Waals surface area contributed by atoms with E-state index in [-0.39, 0.29) is 5.91 Å². The monoisotopic (exact) mass is 295 g/mol. The zero-order valence-electron chi connectivity index (χ0n) is 11.7. The minimum absolute atomic E-state index is 0.0506. The minimum Gasteiger partial charge on any atom is -0.441 e. The summed E-state index contributed by atoms with van der Waals surface area (Å²) in [7, 11) is 0. The van der Waals surface area contributed by atoms with Crippen LogP contribution in [0, 0.1) is 0 Å². The first-order chi connectivity index (χ1) is 10.8. The van der Waals surface area contributed by atoms with Crippen LogP contribution in [0.1, 0.15) is 21.8 Å². The standard InChI is InChI=1S/C15H13N5O2/c21-15(11-7-17-18-8-11)20-5-3-13-12(9-20)19-14(22-13)10-2-1-4-16-6-10/h1-2,4,6-8H,3,5,9H2,(H,17,18). The van der Waals surface area contributed by atoms with E-state index >= 15 is 0 Å². The van der Waals surface area contributed by atoms with Gasteiger partial charge in [-0.15, -0.1) is 0 Å². The van der Waals surface area contributed by atoms with Crippen LogP contribution in [0.25, 0.3) is 11.5 Å². The van der Waals surface area contributed by atoms with Crippen molar-refractivity contribution in [1.29, 1.82) is 0 Å². The maximum Gasteiger partial charge on any atom is 0.257 e. The molecule has 22 heavy (non-hydrogen) atoms. The van der Waals surface area contributed by atoms with Crippen LogP contribution in [0.15, 0.2) is 41.3 Å². The van der Waals surface area contributed by atoms with E-state index in [0.29, 0.717) is 31.0 Å². The quantitative estimate of drug-likeness (QED) is 0.776. The molecule has 4 heterocycles. The number of oxazole rings is 1. The molecular weight excluding hydrogens is 282 g/mol. The van der Waals surface area contributed by atoms with E-state index < -0.39 is 0 Å². The number of amides is 1. The SMILES string of the molecule is O=C(c1cn[nH]c1)N1CCc2oc(-c3cccnc3)nc2C1. The van der Waals surface area contributed by atoms with Gasteiger partial charge in [0.2, 0.25) is 5.89 Å². The lowest BCUT2D eigenvalue weighted by atomic mass is 10.1. The van der Waals surface area contributed by atoms with Gasteiger partial charge < -0.3 is 9.32 Å². The maximum atomic E-state index is 12.3. The number of fused-ring (bicyclic) bond motifs is 1. The third-order valence-corrected chi connectivity index (χ3v) is 3.67. The van der Waals surface area contributed by atoms with Crippen molar-refractivity contribution in [1.82, 2.24) is 25.1 Å². The van der Waals surface area contributed by atoms with Crippen LogP contribution >= 0.6 is 0 Å². The Hall–Kier alpha value is -2.96. The molecule has 0 bridgehead atoms. The second-order valence-electron chi connectivity index (χ2n) is 5.09. The van der Waals surface area contributed by atoms with Crippen LogP contribution in [0.4, 0.5) is 0 Å². The van der Waals surface area contributed by atoms with Gasteiger partial charge in [-0.3, -0.25) is 14.9 Å². The number of H-pyrrole nitrogens is 1. The molecule has 0 aromatic carbocycles. The van der Waals surface area contributed by atoms with E-state index in [2.05, 4.69) is 20.2 Å². The van der Waals surface area contributed by atoms with E-state index in [0.717, 1.165) is 17.0 Å². The summed E-state index contributed by atoms with van der Waals surface area (Å²) < 4.78 is 5.80. The molecule has 1 aliphatic heterocycles. The molecule has 0 spiro atoms. The number of pyridine rings is 1. The number of carbonyl (C=O) groups excluding carboxylic acids is 1. The fraction of sp³-hybridized carbons (Fsp3) is 0.200. The number of aromatic nitrogens is 4. The zero-order chi connectivity index (χ0) is 14.9. The van der Waals surface area contributed by atoms with Gasteiger partial charge in [0.05, 0.1) is 23.9 Å². The maximum absolute atomic E-state index is 12.3. The molecule has 0 atom stereocenters. The average Bonchev–Trinajstić information content (AvgIpc) is 3.23. The fourth-order valence-corrected chi connectivity index (χ4v) is 2.54. The lowest BCUT2D eigenvalue weighted by Gasteiger charge is -2.24. The summed E-state index contributed by atoms with van der Waals surface area (Å²) in [5, 5.41) is 6.47. The number of hydrogen-bond donors (Lipinski definition) is 1. The van der Waals surface area contributed by atoms with E-state index in [9.17, 15) is 4.79 Å². The Bertz CT molecular complexity index is 795. The predicted molar refractivity (Wildman–Crippen MR) is 76.8 cm³/mol. The van der Waals surface area contributed by atoms with Crippen LogP contribution in [-0.2, 0) is 13.0 Å². The smallest absolute Gasteiger partial charge is 0.257 e. The normalized spacial score (nSPS) is 13.9. The summed E-state index contributed by atoms with van der Waals surface area (Å²) in [6.45, 7) is 1.06. The highest BCUT2D eigenvalue weighted by Crippen LogP contribution is 2.26. The van der Waals surface area contributed by atoms with Gasteiger partial charge in [-0.05, 0) is 12.1 Å². The molecule has 1 amide bonds. The van der Waals surface area contributed by atoms with Crippen molar-refractivity contribution in [3.8, 4) is 11.5 Å². The molecule has 0 aliphatic carbocycles. The fourth-order valence-electron chi connectivity index (χ4n) is 2.54. The lowest BCUT2D eigenvalue weighted by molar-refractivity contribution is 0.0728. The third kappa shape index (κ3) is 2.16. The number of rotatable bonds is 2. The topological polar surface area (TPSA) is 87.9 Å². The van der Waals surface area contributed by atoms with Gasteiger partial charge >= 0.3 is 0 Å². The van der Waals surface area contributed by atoms with Gasteiger partial charge in [-0.25, -0.2) is 4.98 Å². The molecule has 1 aliphatic rings. The molecule has 4 rings (SSSR count). The van der Waals surface area contributed by atoms with Gasteiger partial charge in [0.1, 0.15) is 11.5 Å². The second kappa shape index (κ2) is 5.10. The van der Waals surface area contributed by atoms with E-state index in [1.165, 1.54) is 6.20 Å². The van der Waals surface area contributed by atoms with Gasteiger partial charge in [-0.1, -0.05) is 0 Å². The molecule has 1 N–H and O–H groups in total. The van der Waals surface area contributed by atoms with Crippen LogP contribution in [0.3, 0.4) is 0 Å². The molecule has 0 saturated carbocycles. The van der Waals surface area contributed by atoms with E-state index in [1.807, 2.05) is 12.1 Å². The predicted octanol–water partition coefficient (Wildman–Crippen LogP) is 1.66. The Morgan fingerprint density at radius 2 is 2.32 bits per heavy atom. The first kappa shape index (κ1) is 12.8. The average molecular weight is 295 g/mol. The molecule has 0 unspecified atom stereocenters. The largest absolute Gasteiger partial charge is 0.441 e. The van der Waals surface area contributed by atoms with E-state index in [4.69, 9.17) is 4.42 Å². The summed E-state index contributed by atoms with van der Waals surface area (Å²) in [5.74, 6) is 1.34. The Morgan fingerprint density at radius 1 is 1.36 bits per heavy atom. The lowest BCUT2D eigenvalue weighted by Crippen LogP contribution is -2.35. The molecule has 3 aromatic heterocycles. The Balaban J connectivity index is 1.59. The summed E-state index contributed by atoms with van der Waals surface area (Å²) >= 11 is 0. The highest BCUT2D eigenvalue weighted by atomic mass is 16.4. The van der Waals surface area contributed by atoms with Crippen molar-refractivity contribution in [2.45, 2.75) is 13.0 Å². The van der Waals surface area contributed by atoms with Crippen molar-refractivity contribution >= 4 is 5.91 Å². The number of nitrogens with one attached hydrogen (secondary N) is 1. The molecule has 0 radical (unpaired) electrons. The van der Waals surface area contributed by atoms with Crippen LogP contribution in [-0.4, -0.2) is 37.5 Å². The van der Waals surface area contributed by atoms with Crippen molar-refractivity contribution in [3.05, 3.63) is 53.9 Å². The van der Waals surface area contributed by atoms with Crippen LogP contribution < -0.4 is 0 Å². The highest BCUT2D eigenvalue weighted by molar-refractivity contribution is 5.93. The minimum atomic E-state index is -0.0506. The zero-order valence-corrected chi connectivity index (χ0v) is 11.7. The third-order valence-electron chi connectivity index (χ3n) is 3.67. The van der Waals surface area contributed by atoms with E-state index in [1.54, 1.807) is 23.5 Å². The van der Waals surface area contributed by atoms with Gasteiger partial charge in [-0.2, -0.15) is 5.10 Å². The molecule has 7 heteroatoms. The highest BCUT2D eigenvalue weighted by Gasteiger charge is 2.26.